The fraction of sp³-hybridized carbons (Fsp3) is 0.946. The van der Waals surface area contributed by atoms with Crippen molar-refractivity contribution in [2.45, 2.75) is 161 Å². The molecular weight excluding hydrogens is 604 g/mol. The van der Waals surface area contributed by atoms with Gasteiger partial charge < -0.3 is 39.4 Å². The van der Waals surface area contributed by atoms with E-state index in [1.54, 1.807) is 0 Å². The molecule has 2 saturated heterocycles. The number of ether oxygens (including phenoxy) is 4. The molecule has 5 aliphatic carbocycles. The molecule has 7 aliphatic rings. The van der Waals surface area contributed by atoms with Gasteiger partial charge in [-0.2, -0.15) is 0 Å². The standard InChI is InChI=1S/C37H58O10/c1-18(15-21(45-19(2)38)30-33(5,6)47-30)25-27(41)29(43)35(8)23-10-9-22-32(3,4)24(46-31-28(42)26(40)20(39)16-44-31)11-12-36(22)17-37(23,36)14-13-34(25,35)7/h18,20-26,28-31,39-40,42-43H,9-17H2,1-8H3/t18-,20-,21-,22+,23+,24+,25+,26+,28-,29?,30+,31+,34-,35-,36-,37+/m1/s1. The van der Waals surface area contributed by atoms with Gasteiger partial charge in [-0.25, -0.2) is 0 Å². The largest absolute Gasteiger partial charge is 0.460 e. The average molecular weight is 663 g/mol. The molecule has 0 aromatic heterocycles. The van der Waals surface area contributed by atoms with E-state index in [0.29, 0.717) is 12.3 Å². The summed E-state index contributed by atoms with van der Waals surface area (Å²) < 4.78 is 23.7. The number of Topliss-reactive ketones (excluding diaryl/α,β-unsaturated/α-hetero) is 1. The minimum absolute atomic E-state index is 0.0512. The van der Waals surface area contributed by atoms with Gasteiger partial charge in [0.05, 0.1) is 18.3 Å². The molecule has 7 fully saturated rings. The molecule has 7 rings (SSSR count). The lowest BCUT2D eigenvalue weighted by Crippen LogP contribution is -2.61. The SMILES string of the molecule is CC(=O)O[C@H](C[C@@H](C)[C@H]1C(=O)C(O)[C@@]2(C)[C@@H]3CC[C@H]4C(C)(C)[C@@H](O[C@@H]5OC[C@@H](O)[C@H](O)[C@H]5O)CC[C@@]45C[C@@]35CC[C@]12C)[C@@H]1OC1(C)C. The molecule has 4 N–H and O–H groups in total. The fourth-order valence-electron chi connectivity index (χ4n) is 13.2. The summed E-state index contributed by atoms with van der Waals surface area (Å²) in [5, 5.41) is 42.8. The quantitative estimate of drug-likeness (QED) is 0.181. The van der Waals surface area contributed by atoms with Crippen molar-refractivity contribution in [2.24, 2.45) is 50.7 Å². The summed E-state index contributed by atoms with van der Waals surface area (Å²) >= 11 is 0. The molecule has 16 atom stereocenters. The number of esters is 1. The van der Waals surface area contributed by atoms with E-state index in [4.69, 9.17) is 18.9 Å². The molecule has 0 bridgehead atoms. The second-order valence-corrected chi connectivity index (χ2v) is 18.4. The molecule has 0 radical (unpaired) electrons. The Morgan fingerprint density at radius 2 is 1.57 bits per heavy atom. The van der Waals surface area contributed by atoms with Crippen molar-refractivity contribution < 1.29 is 49.0 Å². The zero-order chi connectivity index (χ0) is 34.3. The predicted molar refractivity (Wildman–Crippen MR) is 170 cm³/mol. The lowest BCUT2D eigenvalue weighted by Gasteiger charge is -2.63. The van der Waals surface area contributed by atoms with Crippen LogP contribution in [0.1, 0.15) is 107 Å². The number of fused-ring (bicyclic) bond motifs is 2. The van der Waals surface area contributed by atoms with E-state index in [0.717, 1.165) is 44.9 Å². The first-order valence-corrected chi connectivity index (χ1v) is 18.2. The molecular formula is C37H58O10. The van der Waals surface area contributed by atoms with Crippen molar-refractivity contribution in [3.05, 3.63) is 0 Å². The average Bonchev–Trinajstić information content (AvgIpc) is 3.84. The summed E-state index contributed by atoms with van der Waals surface area (Å²) in [5.74, 6) is -0.211. The highest BCUT2D eigenvalue weighted by Gasteiger charge is 2.84. The minimum Gasteiger partial charge on any atom is -0.460 e. The molecule has 10 nitrogen and oxygen atoms in total. The maximum absolute atomic E-state index is 14.2. The van der Waals surface area contributed by atoms with Crippen LogP contribution in [0.15, 0.2) is 0 Å². The van der Waals surface area contributed by atoms with Crippen LogP contribution in [0.3, 0.4) is 0 Å². The zero-order valence-electron chi connectivity index (χ0n) is 29.5. The Hall–Kier alpha value is -1.14. The molecule has 10 heteroatoms. The third-order valence-corrected chi connectivity index (χ3v) is 15.7. The minimum atomic E-state index is -1.31. The Morgan fingerprint density at radius 1 is 0.936 bits per heavy atom. The summed E-state index contributed by atoms with van der Waals surface area (Å²) in [7, 11) is 0. The van der Waals surface area contributed by atoms with Gasteiger partial charge in [0, 0.05) is 18.3 Å². The molecule has 0 aromatic carbocycles. The summed E-state index contributed by atoms with van der Waals surface area (Å²) in [6.07, 6.45) is 0.666. The molecule has 2 aliphatic heterocycles. The molecule has 0 aromatic rings. The van der Waals surface area contributed by atoms with Crippen LogP contribution in [0, 0.1) is 50.7 Å². The van der Waals surface area contributed by atoms with Crippen LogP contribution in [0.4, 0.5) is 0 Å². The van der Waals surface area contributed by atoms with Gasteiger partial charge in [-0.1, -0.05) is 34.6 Å². The Morgan fingerprint density at radius 3 is 2.21 bits per heavy atom. The van der Waals surface area contributed by atoms with E-state index in [2.05, 4.69) is 34.6 Å². The van der Waals surface area contributed by atoms with E-state index >= 15 is 0 Å². The Balaban J connectivity index is 1.12. The highest BCUT2D eigenvalue weighted by Crippen LogP contribution is 2.89. The Bertz CT molecular complexity index is 1300. The van der Waals surface area contributed by atoms with Gasteiger partial charge in [0.25, 0.3) is 0 Å². The van der Waals surface area contributed by atoms with Gasteiger partial charge in [0.1, 0.15) is 36.6 Å². The summed E-state index contributed by atoms with van der Waals surface area (Å²) in [4.78, 5) is 26.3. The molecule has 2 heterocycles. The van der Waals surface area contributed by atoms with E-state index in [-0.39, 0.29) is 75.6 Å². The van der Waals surface area contributed by atoms with Gasteiger partial charge in [0.2, 0.25) is 0 Å². The van der Waals surface area contributed by atoms with Crippen LogP contribution >= 0.6 is 0 Å². The van der Waals surface area contributed by atoms with Crippen molar-refractivity contribution in [2.75, 3.05) is 6.61 Å². The number of rotatable bonds is 7. The zero-order valence-corrected chi connectivity index (χ0v) is 29.5. The first kappa shape index (κ1) is 34.3. The van der Waals surface area contributed by atoms with E-state index in [1.807, 2.05) is 13.8 Å². The van der Waals surface area contributed by atoms with Crippen LogP contribution in [0.2, 0.25) is 0 Å². The van der Waals surface area contributed by atoms with Crippen molar-refractivity contribution in [1.82, 2.24) is 0 Å². The van der Waals surface area contributed by atoms with Gasteiger partial charge in [0.15, 0.2) is 12.1 Å². The maximum atomic E-state index is 14.2. The molecule has 5 saturated carbocycles. The predicted octanol–water partition coefficient (Wildman–Crippen LogP) is 3.53. The van der Waals surface area contributed by atoms with Gasteiger partial charge in [-0.05, 0) is 105 Å². The van der Waals surface area contributed by atoms with Crippen molar-refractivity contribution >= 4 is 11.8 Å². The molecule has 1 unspecified atom stereocenters. The van der Waals surface area contributed by atoms with Gasteiger partial charge >= 0.3 is 5.97 Å². The van der Waals surface area contributed by atoms with Crippen molar-refractivity contribution in [3.8, 4) is 0 Å². The molecule has 266 valence electrons. The first-order chi connectivity index (χ1) is 21.8. The number of carbonyl (C=O) groups excluding carboxylic acids is 2. The smallest absolute Gasteiger partial charge is 0.302 e. The number of hydrogen-bond acceptors (Lipinski definition) is 10. The Kier molecular flexibility index (Phi) is 7.80. The first-order valence-electron chi connectivity index (χ1n) is 18.2. The number of hydrogen-bond donors (Lipinski definition) is 4. The summed E-state index contributed by atoms with van der Waals surface area (Å²) in [6.45, 7) is 16.4. The van der Waals surface area contributed by atoms with Gasteiger partial charge in [-0.3, -0.25) is 9.59 Å². The number of ketones is 1. The lowest BCUT2D eigenvalue weighted by atomic mass is 9.41. The second kappa shape index (κ2) is 10.7. The Labute approximate surface area is 279 Å². The number of carbonyl (C=O) groups is 2. The fourth-order valence-corrected chi connectivity index (χ4v) is 13.2. The van der Waals surface area contributed by atoms with Crippen LogP contribution in [0.25, 0.3) is 0 Å². The third kappa shape index (κ3) is 4.53. The second-order valence-electron chi connectivity index (χ2n) is 18.4. The molecule has 47 heavy (non-hydrogen) atoms. The monoisotopic (exact) mass is 662 g/mol. The number of aliphatic hydroxyl groups is 4. The van der Waals surface area contributed by atoms with Crippen molar-refractivity contribution in [3.63, 3.8) is 0 Å². The summed E-state index contributed by atoms with van der Waals surface area (Å²) in [6, 6.07) is 0. The normalized spacial score (nSPS) is 53.5. The number of aliphatic hydroxyl groups excluding tert-OH is 4. The van der Waals surface area contributed by atoms with E-state index in [9.17, 15) is 30.0 Å². The van der Waals surface area contributed by atoms with Gasteiger partial charge in [-0.15, -0.1) is 0 Å². The van der Waals surface area contributed by atoms with Crippen LogP contribution in [-0.2, 0) is 28.5 Å². The van der Waals surface area contributed by atoms with Crippen LogP contribution in [-0.4, -0.2) is 93.4 Å². The van der Waals surface area contributed by atoms with Crippen LogP contribution < -0.4 is 0 Å². The van der Waals surface area contributed by atoms with E-state index < -0.39 is 42.2 Å². The molecule has 0 amide bonds. The van der Waals surface area contributed by atoms with E-state index in [1.165, 1.54) is 6.92 Å². The highest BCUT2D eigenvalue weighted by atomic mass is 16.7. The highest BCUT2D eigenvalue weighted by molar-refractivity contribution is 5.90. The molecule has 2 spiro atoms. The maximum Gasteiger partial charge on any atom is 0.302 e. The topological polar surface area (TPSA) is 155 Å². The lowest BCUT2D eigenvalue weighted by molar-refractivity contribution is -0.303. The summed E-state index contributed by atoms with van der Waals surface area (Å²) in [5.41, 5.74) is -1.34. The third-order valence-electron chi connectivity index (χ3n) is 15.7. The van der Waals surface area contributed by atoms with Crippen LogP contribution in [0.5, 0.6) is 0 Å². The van der Waals surface area contributed by atoms with Crippen molar-refractivity contribution in [1.29, 1.82) is 0 Å². The number of epoxide rings is 1.